The third-order valence-corrected chi connectivity index (χ3v) is 7.60. The molecule has 0 unspecified atom stereocenters. The topological polar surface area (TPSA) is 86.4 Å². The lowest BCUT2D eigenvalue weighted by Crippen LogP contribution is -2.39. The predicted molar refractivity (Wildman–Crippen MR) is 105 cm³/mol. The minimum Gasteiger partial charge on any atom is -0.309 e. The number of likely N-dealkylation sites (tertiary alicyclic amines) is 1. The maximum absolute atomic E-state index is 12.6. The van der Waals surface area contributed by atoms with Crippen molar-refractivity contribution in [3.63, 3.8) is 0 Å². The van der Waals surface area contributed by atoms with Crippen LogP contribution in [0.4, 0.5) is 0 Å². The lowest BCUT2D eigenvalue weighted by Gasteiger charge is -2.27. The van der Waals surface area contributed by atoms with Crippen molar-refractivity contribution in [2.45, 2.75) is 45.3 Å². The highest BCUT2D eigenvalue weighted by molar-refractivity contribution is 7.88. The molecule has 0 amide bonds. The number of fused-ring (bicyclic) bond motifs is 1. The molecule has 0 radical (unpaired) electrons. The van der Waals surface area contributed by atoms with E-state index in [0.29, 0.717) is 30.0 Å². The van der Waals surface area contributed by atoms with Crippen molar-refractivity contribution in [2.75, 3.05) is 19.3 Å². The highest BCUT2D eigenvalue weighted by Crippen LogP contribution is 2.32. The van der Waals surface area contributed by atoms with Crippen LogP contribution in [0, 0.1) is 6.92 Å². The van der Waals surface area contributed by atoms with E-state index in [2.05, 4.69) is 28.9 Å². The number of aromatic nitrogens is 2. The predicted octanol–water partition coefficient (Wildman–Crippen LogP) is 1.79. The van der Waals surface area contributed by atoms with Crippen molar-refractivity contribution in [1.29, 1.82) is 0 Å². The van der Waals surface area contributed by atoms with Gasteiger partial charge < -0.3 is 4.98 Å². The molecular weight excluding hydrogens is 384 g/mol. The Morgan fingerprint density at radius 1 is 1.33 bits per heavy atom. The standard InChI is InChI=1S/C18H24N4O3S2/c1-12-5-6-13(26-12)10-21-8-3-4-16(21)17-19-15-11-22(27(2,24)25)9-7-14(15)18(23)20-17/h5-6,16H,3-4,7-11H2,1-2H3,(H,19,20,23)/t16-/m0/s1. The van der Waals surface area contributed by atoms with E-state index in [1.165, 1.54) is 20.3 Å². The van der Waals surface area contributed by atoms with Crippen molar-refractivity contribution >= 4 is 21.4 Å². The van der Waals surface area contributed by atoms with E-state index in [9.17, 15) is 13.2 Å². The van der Waals surface area contributed by atoms with E-state index in [4.69, 9.17) is 4.98 Å². The van der Waals surface area contributed by atoms with Crippen LogP contribution in [0.2, 0.25) is 0 Å². The Morgan fingerprint density at radius 2 is 2.15 bits per heavy atom. The van der Waals surface area contributed by atoms with Gasteiger partial charge in [0.25, 0.3) is 5.56 Å². The minimum atomic E-state index is -3.29. The highest BCUT2D eigenvalue weighted by atomic mass is 32.2. The molecule has 0 spiro atoms. The van der Waals surface area contributed by atoms with Gasteiger partial charge in [-0.25, -0.2) is 13.4 Å². The molecule has 2 aliphatic heterocycles. The first kappa shape index (κ1) is 18.8. The number of aromatic amines is 1. The fourth-order valence-electron chi connectivity index (χ4n) is 3.97. The van der Waals surface area contributed by atoms with Gasteiger partial charge in [0.2, 0.25) is 10.0 Å². The van der Waals surface area contributed by atoms with Gasteiger partial charge in [-0.05, 0) is 44.9 Å². The number of aryl methyl sites for hydroxylation is 1. The number of sulfonamides is 1. The smallest absolute Gasteiger partial charge is 0.254 e. The average Bonchev–Trinajstić information content (AvgIpc) is 3.23. The summed E-state index contributed by atoms with van der Waals surface area (Å²) in [6.45, 7) is 4.44. The molecule has 1 saturated heterocycles. The second-order valence-corrected chi connectivity index (χ2v) is 10.7. The molecule has 0 aromatic carbocycles. The van der Waals surface area contributed by atoms with Crippen LogP contribution in [0.25, 0.3) is 0 Å². The molecule has 0 saturated carbocycles. The Kier molecular flexibility index (Phi) is 4.96. The van der Waals surface area contributed by atoms with Crippen molar-refractivity contribution in [2.24, 2.45) is 0 Å². The summed E-state index contributed by atoms with van der Waals surface area (Å²) in [4.78, 5) is 25.2. The molecule has 27 heavy (non-hydrogen) atoms. The van der Waals surface area contributed by atoms with Crippen molar-refractivity contribution in [3.05, 3.63) is 49.3 Å². The molecular formula is C18H24N4O3S2. The van der Waals surface area contributed by atoms with Crippen LogP contribution in [0.3, 0.4) is 0 Å². The largest absolute Gasteiger partial charge is 0.309 e. The molecule has 1 atom stereocenters. The molecule has 2 aromatic rings. The first-order valence-corrected chi connectivity index (χ1v) is 11.8. The molecule has 1 fully saturated rings. The summed E-state index contributed by atoms with van der Waals surface area (Å²) in [5.41, 5.74) is 1.10. The maximum Gasteiger partial charge on any atom is 0.254 e. The van der Waals surface area contributed by atoms with Crippen LogP contribution in [-0.4, -0.2) is 46.9 Å². The quantitative estimate of drug-likeness (QED) is 0.834. The number of nitrogens with one attached hydrogen (secondary N) is 1. The van der Waals surface area contributed by atoms with Gasteiger partial charge in [-0.1, -0.05) is 0 Å². The first-order valence-electron chi connectivity index (χ1n) is 9.18. The number of hydrogen-bond donors (Lipinski definition) is 1. The van der Waals surface area contributed by atoms with Gasteiger partial charge in [0, 0.05) is 28.4 Å². The van der Waals surface area contributed by atoms with Crippen molar-refractivity contribution in [3.8, 4) is 0 Å². The molecule has 2 aliphatic rings. The van der Waals surface area contributed by atoms with Crippen molar-refractivity contribution in [1.82, 2.24) is 19.2 Å². The summed E-state index contributed by atoms with van der Waals surface area (Å²) in [6, 6.07) is 4.35. The Labute approximate surface area is 163 Å². The Hall–Kier alpha value is -1.55. The third kappa shape index (κ3) is 3.87. The monoisotopic (exact) mass is 408 g/mol. The average molecular weight is 409 g/mol. The summed E-state index contributed by atoms with van der Waals surface area (Å²) < 4.78 is 25.2. The fourth-order valence-corrected chi connectivity index (χ4v) is 5.67. The van der Waals surface area contributed by atoms with Gasteiger partial charge in [0.1, 0.15) is 5.82 Å². The Morgan fingerprint density at radius 3 is 2.85 bits per heavy atom. The maximum atomic E-state index is 12.6. The van der Waals surface area contributed by atoms with Gasteiger partial charge >= 0.3 is 0 Å². The van der Waals surface area contributed by atoms with E-state index in [-0.39, 0.29) is 18.1 Å². The first-order chi connectivity index (χ1) is 12.8. The van der Waals surface area contributed by atoms with Gasteiger partial charge in [0.15, 0.2) is 0 Å². The summed E-state index contributed by atoms with van der Waals surface area (Å²) in [6.07, 6.45) is 3.62. The molecule has 146 valence electrons. The summed E-state index contributed by atoms with van der Waals surface area (Å²) in [7, 11) is -3.29. The lowest BCUT2D eigenvalue weighted by molar-refractivity contribution is 0.240. The number of rotatable bonds is 4. The third-order valence-electron chi connectivity index (χ3n) is 5.36. The summed E-state index contributed by atoms with van der Waals surface area (Å²) in [5.74, 6) is 0.667. The molecule has 7 nitrogen and oxygen atoms in total. The van der Waals surface area contributed by atoms with Crippen LogP contribution in [0.5, 0.6) is 0 Å². The zero-order chi connectivity index (χ0) is 19.2. The van der Waals surface area contributed by atoms with Crippen LogP contribution in [-0.2, 0) is 29.5 Å². The van der Waals surface area contributed by atoms with Crippen LogP contribution in [0.1, 0.15) is 45.7 Å². The zero-order valence-corrected chi connectivity index (χ0v) is 17.2. The van der Waals surface area contributed by atoms with E-state index >= 15 is 0 Å². The fraction of sp³-hybridized carbons (Fsp3) is 0.556. The number of nitrogens with zero attached hydrogens (tertiary/aromatic N) is 3. The molecule has 4 heterocycles. The number of H-pyrrole nitrogens is 1. The van der Waals surface area contributed by atoms with Gasteiger partial charge in [-0.15, -0.1) is 11.3 Å². The summed E-state index contributed by atoms with van der Waals surface area (Å²) >= 11 is 1.79. The molecule has 0 bridgehead atoms. The Bertz CT molecular complexity index is 1010. The van der Waals surface area contributed by atoms with Gasteiger partial charge in [0.05, 0.1) is 24.5 Å². The van der Waals surface area contributed by atoms with E-state index in [0.717, 1.165) is 25.9 Å². The van der Waals surface area contributed by atoms with Crippen LogP contribution >= 0.6 is 11.3 Å². The highest BCUT2D eigenvalue weighted by Gasteiger charge is 2.31. The normalized spacial score (nSPS) is 21.5. The second kappa shape index (κ2) is 7.12. The SMILES string of the molecule is Cc1ccc(CN2CCC[C@H]2c2nc3c(c(=O)[nH]2)CCN(S(C)(=O)=O)C3)s1. The van der Waals surface area contributed by atoms with Gasteiger partial charge in [-0.3, -0.25) is 9.69 Å². The van der Waals surface area contributed by atoms with Crippen LogP contribution in [0.15, 0.2) is 16.9 Å². The van der Waals surface area contributed by atoms with E-state index < -0.39 is 10.0 Å². The minimum absolute atomic E-state index is 0.0685. The lowest BCUT2D eigenvalue weighted by atomic mass is 10.1. The number of thiophene rings is 1. The van der Waals surface area contributed by atoms with Gasteiger partial charge in [-0.2, -0.15) is 4.31 Å². The second-order valence-electron chi connectivity index (χ2n) is 7.36. The molecule has 0 aliphatic carbocycles. The molecule has 9 heteroatoms. The van der Waals surface area contributed by atoms with Crippen LogP contribution < -0.4 is 5.56 Å². The summed E-state index contributed by atoms with van der Waals surface area (Å²) in [5, 5.41) is 0. The molecule has 4 rings (SSSR count). The molecule has 2 aromatic heterocycles. The molecule has 1 N–H and O–H groups in total. The Balaban J connectivity index is 1.62. The zero-order valence-electron chi connectivity index (χ0n) is 15.6. The van der Waals surface area contributed by atoms with E-state index in [1.807, 2.05) is 0 Å². The van der Waals surface area contributed by atoms with E-state index in [1.54, 1.807) is 11.3 Å². The van der Waals surface area contributed by atoms with Crippen molar-refractivity contribution < 1.29 is 8.42 Å². The number of hydrogen-bond acceptors (Lipinski definition) is 6.